The molecule has 0 atom stereocenters. The summed E-state index contributed by atoms with van der Waals surface area (Å²) in [6.45, 7) is 1.74. The van der Waals surface area contributed by atoms with Crippen LogP contribution >= 0.6 is 0 Å². The summed E-state index contributed by atoms with van der Waals surface area (Å²) >= 11 is 0. The molecular weight excluding hydrogens is 230 g/mol. The SMILES string of the molecule is C/C(=N\NC(=O)c1cccnc1)c1cnccn1. The van der Waals surface area contributed by atoms with E-state index in [1.807, 2.05) is 0 Å². The molecule has 0 aliphatic rings. The average molecular weight is 241 g/mol. The Morgan fingerprint density at radius 2 is 2.06 bits per heavy atom. The van der Waals surface area contributed by atoms with Crippen LogP contribution in [0.3, 0.4) is 0 Å². The number of pyridine rings is 1. The van der Waals surface area contributed by atoms with Gasteiger partial charge in [-0.25, -0.2) is 5.43 Å². The highest BCUT2D eigenvalue weighted by molar-refractivity contribution is 5.99. The monoisotopic (exact) mass is 241 g/mol. The lowest BCUT2D eigenvalue weighted by Gasteiger charge is -2.01. The van der Waals surface area contributed by atoms with E-state index in [0.29, 0.717) is 17.0 Å². The number of hydrazone groups is 1. The van der Waals surface area contributed by atoms with Crippen LogP contribution in [0.25, 0.3) is 0 Å². The van der Waals surface area contributed by atoms with Crippen LogP contribution in [0.4, 0.5) is 0 Å². The molecule has 0 unspecified atom stereocenters. The Kier molecular flexibility index (Phi) is 3.70. The molecule has 0 aliphatic heterocycles. The van der Waals surface area contributed by atoms with Gasteiger partial charge in [0.25, 0.3) is 5.91 Å². The van der Waals surface area contributed by atoms with Gasteiger partial charge in [-0.1, -0.05) is 0 Å². The van der Waals surface area contributed by atoms with Crippen LogP contribution in [-0.2, 0) is 0 Å². The second-order valence-electron chi connectivity index (χ2n) is 3.47. The van der Waals surface area contributed by atoms with E-state index in [-0.39, 0.29) is 5.91 Å². The molecule has 0 spiro atoms. The van der Waals surface area contributed by atoms with Crippen molar-refractivity contribution in [1.29, 1.82) is 0 Å². The number of aromatic nitrogens is 3. The second kappa shape index (κ2) is 5.62. The summed E-state index contributed by atoms with van der Waals surface area (Å²) in [5, 5.41) is 3.96. The fourth-order valence-corrected chi connectivity index (χ4v) is 1.24. The van der Waals surface area contributed by atoms with Crippen molar-refractivity contribution in [3.05, 3.63) is 54.4 Å². The molecule has 2 aromatic rings. The van der Waals surface area contributed by atoms with E-state index in [1.165, 1.54) is 6.20 Å². The van der Waals surface area contributed by atoms with Gasteiger partial charge in [0, 0.05) is 24.8 Å². The number of nitrogens with one attached hydrogen (secondary N) is 1. The van der Waals surface area contributed by atoms with Gasteiger partial charge in [-0.15, -0.1) is 0 Å². The lowest BCUT2D eigenvalue weighted by Crippen LogP contribution is -2.19. The van der Waals surface area contributed by atoms with Crippen molar-refractivity contribution in [2.24, 2.45) is 5.10 Å². The van der Waals surface area contributed by atoms with Gasteiger partial charge in [0.1, 0.15) is 5.69 Å². The maximum atomic E-state index is 11.7. The highest BCUT2D eigenvalue weighted by atomic mass is 16.2. The van der Waals surface area contributed by atoms with Crippen molar-refractivity contribution >= 4 is 11.6 Å². The van der Waals surface area contributed by atoms with Crippen LogP contribution in [0, 0.1) is 0 Å². The Labute approximate surface area is 104 Å². The first-order valence-electron chi connectivity index (χ1n) is 5.28. The van der Waals surface area contributed by atoms with Gasteiger partial charge in [0.2, 0.25) is 0 Å². The van der Waals surface area contributed by atoms with E-state index in [0.717, 1.165) is 0 Å². The quantitative estimate of drug-likeness (QED) is 0.642. The number of nitrogens with zero attached hydrogens (tertiary/aromatic N) is 4. The summed E-state index contributed by atoms with van der Waals surface area (Å²) in [6, 6.07) is 3.35. The lowest BCUT2D eigenvalue weighted by atomic mass is 10.3. The summed E-state index contributed by atoms with van der Waals surface area (Å²) in [5.41, 5.74) is 4.09. The van der Waals surface area contributed by atoms with Crippen LogP contribution < -0.4 is 5.43 Å². The number of carbonyl (C=O) groups excluding carboxylic acids is 1. The van der Waals surface area contributed by atoms with Crippen molar-refractivity contribution in [2.45, 2.75) is 6.92 Å². The molecule has 0 radical (unpaired) electrons. The number of hydrogen-bond acceptors (Lipinski definition) is 5. The van der Waals surface area contributed by atoms with Crippen molar-refractivity contribution in [3.63, 3.8) is 0 Å². The molecule has 0 fully saturated rings. The van der Waals surface area contributed by atoms with Gasteiger partial charge in [-0.3, -0.25) is 19.7 Å². The standard InChI is InChI=1S/C12H11N5O/c1-9(11-8-14-5-6-15-11)16-17-12(18)10-3-2-4-13-7-10/h2-8H,1H3,(H,17,18)/b16-9+. The van der Waals surface area contributed by atoms with Gasteiger partial charge in [0.05, 0.1) is 17.5 Å². The second-order valence-corrected chi connectivity index (χ2v) is 3.47. The van der Waals surface area contributed by atoms with Gasteiger partial charge in [-0.05, 0) is 19.1 Å². The van der Waals surface area contributed by atoms with Crippen molar-refractivity contribution in [2.75, 3.05) is 0 Å². The largest absolute Gasteiger partial charge is 0.272 e. The molecule has 0 saturated heterocycles. The van der Waals surface area contributed by atoms with E-state index in [1.54, 1.807) is 43.8 Å². The van der Waals surface area contributed by atoms with Crippen molar-refractivity contribution in [3.8, 4) is 0 Å². The molecule has 1 amide bonds. The number of carbonyl (C=O) groups is 1. The molecule has 0 saturated carbocycles. The third-order valence-electron chi connectivity index (χ3n) is 2.18. The zero-order valence-corrected chi connectivity index (χ0v) is 9.74. The minimum absolute atomic E-state index is 0.314. The van der Waals surface area contributed by atoms with Crippen LogP contribution in [0.2, 0.25) is 0 Å². The smallest absolute Gasteiger partial charge is 0.267 e. The van der Waals surface area contributed by atoms with E-state index >= 15 is 0 Å². The number of amides is 1. The Morgan fingerprint density at radius 1 is 1.22 bits per heavy atom. The normalized spacial score (nSPS) is 11.1. The van der Waals surface area contributed by atoms with Gasteiger partial charge in [0.15, 0.2) is 0 Å². The molecule has 2 aromatic heterocycles. The first-order chi connectivity index (χ1) is 8.77. The Morgan fingerprint density at radius 3 is 2.72 bits per heavy atom. The van der Waals surface area contributed by atoms with E-state index in [9.17, 15) is 4.79 Å². The predicted molar refractivity (Wildman–Crippen MR) is 65.9 cm³/mol. The first-order valence-corrected chi connectivity index (χ1v) is 5.28. The zero-order valence-electron chi connectivity index (χ0n) is 9.74. The minimum Gasteiger partial charge on any atom is -0.267 e. The van der Waals surface area contributed by atoms with E-state index < -0.39 is 0 Å². The third-order valence-corrected chi connectivity index (χ3v) is 2.18. The molecule has 6 heteroatoms. The first kappa shape index (κ1) is 11.8. The van der Waals surface area contributed by atoms with Gasteiger partial charge in [-0.2, -0.15) is 5.10 Å². The summed E-state index contributed by atoms with van der Waals surface area (Å²) in [7, 11) is 0. The van der Waals surface area contributed by atoms with Gasteiger partial charge >= 0.3 is 0 Å². The Hall–Kier alpha value is -2.63. The number of rotatable bonds is 3. The Balaban J connectivity index is 2.05. The molecule has 2 rings (SSSR count). The maximum absolute atomic E-state index is 11.7. The number of hydrogen-bond donors (Lipinski definition) is 1. The van der Waals surface area contributed by atoms with Crippen LogP contribution in [0.5, 0.6) is 0 Å². The van der Waals surface area contributed by atoms with Gasteiger partial charge < -0.3 is 0 Å². The van der Waals surface area contributed by atoms with Crippen molar-refractivity contribution < 1.29 is 4.79 Å². The van der Waals surface area contributed by atoms with Crippen LogP contribution in [0.15, 0.2) is 48.2 Å². The lowest BCUT2D eigenvalue weighted by molar-refractivity contribution is 0.0954. The molecule has 18 heavy (non-hydrogen) atoms. The Bertz CT molecular complexity index is 553. The molecule has 0 bridgehead atoms. The molecule has 2 heterocycles. The highest BCUT2D eigenvalue weighted by Crippen LogP contribution is 1.96. The average Bonchev–Trinajstić information content (AvgIpc) is 2.46. The fraction of sp³-hybridized carbons (Fsp3) is 0.0833. The zero-order chi connectivity index (χ0) is 12.8. The molecule has 90 valence electrons. The maximum Gasteiger partial charge on any atom is 0.272 e. The van der Waals surface area contributed by atoms with Crippen LogP contribution in [0.1, 0.15) is 23.0 Å². The predicted octanol–water partition coefficient (Wildman–Crippen LogP) is 1.03. The van der Waals surface area contributed by atoms with E-state index in [2.05, 4.69) is 25.5 Å². The minimum atomic E-state index is -0.314. The fourth-order valence-electron chi connectivity index (χ4n) is 1.24. The van der Waals surface area contributed by atoms with Crippen LogP contribution in [-0.4, -0.2) is 26.6 Å². The molecule has 1 N–H and O–H groups in total. The highest BCUT2D eigenvalue weighted by Gasteiger charge is 2.04. The summed E-state index contributed by atoms with van der Waals surface area (Å²) in [5.74, 6) is -0.314. The summed E-state index contributed by atoms with van der Waals surface area (Å²) in [4.78, 5) is 23.5. The summed E-state index contributed by atoms with van der Waals surface area (Å²) in [6.07, 6.45) is 7.80. The third kappa shape index (κ3) is 2.94. The summed E-state index contributed by atoms with van der Waals surface area (Å²) < 4.78 is 0. The van der Waals surface area contributed by atoms with Crippen molar-refractivity contribution in [1.82, 2.24) is 20.4 Å². The molecular formula is C12H11N5O. The molecule has 0 aliphatic carbocycles. The topological polar surface area (TPSA) is 80.1 Å². The van der Waals surface area contributed by atoms with E-state index in [4.69, 9.17) is 0 Å². The molecule has 6 nitrogen and oxygen atoms in total. The molecule has 0 aromatic carbocycles.